The van der Waals surface area contributed by atoms with Crippen LogP contribution >= 0.6 is 11.9 Å². The summed E-state index contributed by atoms with van der Waals surface area (Å²) >= 11 is 1.17. The van der Waals surface area contributed by atoms with Crippen molar-refractivity contribution in [2.75, 3.05) is 6.54 Å². The van der Waals surface area contributed by atoms with Gasteiger partial charge in [0.05, 0.1) is 11.0 Å². The molecule has 6 heteroatoms. The molecule has 0 radical (unpaired) electrons. The van der Waals surface area contributed by atoms with Gasteiger partial charge in [0.1, 0.15) is 0 Å². The van der Waals surface area contributed by atoms with Crippen molar-refractivity contribution in [3.05, 3.63) is 72.3 Å². The summed E-state index contributed by atoms with van der Waals surface area (Å²) in [6.07, 6.45) is 0.785. The Labute approximate surface area is 155 Å². The van der Waals surface area contributed by atoms with Crippen LogP contribution in [0.15, 0.2) is 71.9 Å². The van der Waals surface area contributed by atoms with Gasteiger partial charge < -0.3 is 10.3 Å². The Hall–Kier alpha value is -2.99. The van der Waals surface area contributed by atoms with Crippen molar-refractivity contribution in [1.82, 2.24) is 20.0 Å². The molecule has 26 heavy (non-hydrogen) atoms. The first-order chi connectivity index (χ1) is 12.8. The number of para-hydroxylation sites is 2. The third-order valence-corrected chi connectivity index (χ3v) is 4.80. The van der Waals surface area contributed by atoms with Crippen LogP contribution in [-0.4, -0.2) is 22.5 Å². The highest BCUT2D eigenvalue weighted by atomic mass is 32.2. The number of aromatic nitrogens is 2. The first-order valence-electron chi connectivity index (χ1n) is 8.41. The van der Waals surface area contributed by atoms with Crippen molar-refractivity contribution in [3.8, 4) is 0 Å². The molecule has 0 unspecified atom stereocenters. The lowest BCUT2D eigenvalue weighted by atomic mass is 10.1. The number of nitrogens with zero attached hydrogens (tertiary/aromatic N) is 1. The number of aromatic amines is 1. The molecule has 3 N–H and O–H groups in total. The Bertz CT molecular complexity index is 1030. The van der Waals surface area contributed by atoms with Gasteiger partial charge >= 0.3 is 6.03 Å². The molecule has 0 fully saturated rings. The van der Waals surface area contributed by atoms with Crippen LogP contribution in [0, 0.1) is 0 Å². The predicted octanol–water partition coefficient (Wildman–Crippen LogP) is 4.27. The zero-order chi connectivity index (χ0) is 17.8. The summed E-state index contributed by atoms with van der Waals surface area (Å²) in [5.74, 6) is 0. The molecular formula is C20H18N4OS. The summed E-state index contributed by atoms with van der Waals surface area (Å²) in [6, 6.07) is 22.2. The summed E-state index contributed by atoms with van der Waals surface area (Å²) in [4.78, 5) is 19.5. The van der Waals surface area contributed by atoms with E-state index < -0.39 is 0 Å². The SMILES string of the molecule is O=C(NCCc1ccc2ccccc2c1)NSc1nc2ccccc2[nH]1. The monoisotopic (exact) mass is 362 g/mol. The van der Waals surface area contributed by atoms with E-state index in [4.69, 9.17) is 0 Å². The van der Waals surface area contributed by atoms with Gasteiger partial charge in [-0.05, 0) is 34.9 Å². The number of carbonyl (C=O) groups excluding carboxylic acids is 1. The summed E-state index contributed by atoms with van der Waals surface area (Å²) < 4.78 is 2.75. The van der Waals surface area contributed by atoms with Crippen LogP contribution in [0.3, 0.4) is 0 Å². The van der Waals surface area contributed by atoms with Gasteiger partial charge in [0.15, 0.2) is 5.16 Å². The van der Waals surface area contributed by atoms with Gasteiger partial charge in [0.2, 0.25) is 0 Å². The van der Waals surface area contributed by atoms with Crippen molar-refractivity contribution < 1.29 is 4.79 Å². The van der Waals surface area contributed by atoms with Gasteiger partial charge in [-0.2, -0.15) is 0 Å². The number of fused-ring (bicyclic) bond motifs is 2. The van der Waals surface area contributed by atoms with Crippen molar-refractivity contribution in [2.24, 2.45) is 0 Å². The number of rotatable bonds is 5. The molecule has 130 valence electrons. The maximum absolute atomic E-state index is 11.9. The lowest BCUT2D eigenvalue weighted by molar-refractivity contribution is 0.246. The molecule has 1 heterocycles. The van der Waals surface area contributed by atoms with Crippen LogP contribution in [0.2, 0.25) is 0 Å². The number of urea groups is 1. The van der Waals surface area contributed by atoms with E-state index in [9.17, 15) is 4.79 Å². The molecule has 0 saturated heterocycles. The molecule has 1 aromatic heterocycles. The Morgan fingerprint density at radius 2 is 1.81 bits per heavy atom. The minimum absolute atomic E-state index is 0.226. The van der Waals surface area contributed by atoms with Crippen LogP contribution in [0.5, 0.6) is 0 Å². The number of hydrogen-bond donors (Lipinski definition) is 3. The summed E-state index contributed by atoms with van der Waals surface area (Å²) in [6.45, 7) is 0.574. The van der Waals surface area contributed by atoms with Gasteiger partial charge in [-0.1, -0.05) is 54.6 Å². The molecule has 2 amide bonds. The van der Waals surface area contributed by atoms with Crippen molar-refractivity contribution in [1.29, 1.82) is 0 Å². The number of benzene rings is 3. The van der Waals surface area contributed by atoms with Crippen LogP contribution < -0.4 is 10.0 Å². The summed E-state index contributed by atoms with van der Waals surface area (Å²) in [7, 11) is 0. The molecule has 0 aliphatic carbocycles. The van der Waals surface area contributed by atoms with Crippen molar-refractivity contribution in [2.45, 2.75) is 11.6 Å². The Morgan fingerprint density at radius 1 is 1.00 bits per heavy atom. The molecule has 0 bridgehead atoms. The fourth-order valence-electron chi connectivity index (χ4n) is 2.82. The standard InChI is InChI=1S/C20H18N4OS/c25-19(24-26-20-22-17-7-3-4-8-18(17)23-20)21-12-11-14-9-10-15-5-1-2-6-16(15)13-14/h1-10,13H,11-12H2,(H,22,23)(H2,21,24,25). The minimum atomic E-state index is -0.226. The molecule has 0 spiro atoms. The average molecular weight is 362 g/mol. The second-order valence-electron chi connectivity index (χ2n) is 5.95. The number of imidazole rings is 1. The van der Waals surface area contributed by atoms with Gasteiger partial charge in [0, 0.05) is 18.5 Å². The highest BCUT2D eigenvalue weighted by Crippen LogP contribution is 2.17. The van der Waals surface area contributed by atoms with Gasteiger partial charge in [0.25, 0.3) is 0 Å². The summed E-state index contributed by atoms with van der Waals surface area (Å²) in [5.41, 5.74) is 3.04. The number of carbonyl (C=O) groups is 1. The summed E-state index contributed by atoms with van der Waals surface area (Å²) in [5, 5.41) is 5.98. The topological polar surface area (TPSA) is 69.8 Å². The Kier molecular flexibility index (Phi) is 4.75. The van der Waals surface area contributed by atoms with E-state index in [0.29, 0.717) is 11.7 Å². The van der Waals surface area contributed by atoms with Crippen LogP contribution in [0.1, 0.15) is 5.56 Å². The third-order valence-electron chi connectivity index (χ3n) is 4.12. The molecule has 0 aliphatic rings. The van der Waals surface area contributed by atoms with E-state index in [0.717, 1.165) is 17.5 Å². The lowest BCUT2D eigenvalue weighted by Crippen LogP contribution is -2.32. The minimum Gasteiger partial charge on any atom is -0.337 e. The number of amides is 2. The number of hydrogen-bond acceptors (Lipinski definition) is 3. The van der Waals surface area contributed by atoms with E-state index >= 15 is 0 Å². The number of H-pyrrole nitrogens is 1. The van der Waals surface area contributed by atoms with Crippen molar-refractivity contribution >= 4 is 39.8 Å². The van der Waals surface area contributed by atoms with Gasteiger partial charge in [-0.3, -0.25) is 4.72 Å². The second kappa shape index (κ2) is 7.49. The molecule has 0 aliphatic heterocycles. The molecule has 0 atom stereocenters. The normalized spacial score (nSPS) is 10.9. The predicted molar refractivity (Wildman–Crippen MR) is 106 cm³/mol. The van der Waals surface area contributed by atoms with E-state index in [1.54, 1.807) is 0 Å². The fourth-order valence-corrected chi connectivity index (χ4v) is 3.39. The zero-order valence-corrected chi connectivity index (χ0v) is 14.8. The first kappa shape index (κ1) is 16.5. The molecule has 0 saturated carbocycles. The Balaban J connectivity index is 1.26. The third kappa shape index (κ3) is 3.81. The van der Waals surface area contributed by atoms with Crippen LogP contribution in [0.4, 0.5) is 4.79 Å². The maximum atomic E-state index is 11.9. The van der Waals surface area contributed by atoms with Crippen LogP contribution in [0.25, 0.3) is 21.8 Å². The number of nitrogens with one attached hydrogen (secondary N) is 3. The fraction of sp³-hybridized carbons (Fsp3) is 0.100. The van der Waals surface area contributed by atoms with Gasteiger partial charge in [-0.25, -0.2) is 9.78 Å². The Morgan fingerprint density at radius 3 is 2.69 bits per heavy atom. The molecular weight excluding hydrogens is 344 g/mol. The molecule has 4 aromatic rings. The quantitative estimate of drug-likeness (QED) is 0.465. The molecule has 3 aromatic carbocycles. The van der Waals surface area contributed by atoms with E-state index in [2.05, 4.69) is 50.3 Å². The average Bonchev–Trinajstić information content (AvgIpc) is 3.09. The molecule has 4 rings (SSSR count). The largest absolute Gasteiger partial charge is 0.337 e. The first-order valence-corrected chi connectivity index (χ1v) is 9.23. The maximum Gasteiger partial charge on any atom is 0.325 e. The van der Waals surface area contributed by atoms with Crippen LogP contribution in [-0.2, 0) is 6.42 Å². The highest BCUT2D eigenvalue weighted by Gasteiger charge is 2.06. The van der Waals surface area contributed by atoms with Crippen molar-refractivity contribution in [3.63, 3.8) is 0 Å². The zero-order valence-electron chi connectivity index (χ0n) is 14.0. The van der Waals surface area contributed by atoms with Gasteiger partial charge in [-0.15, -0.1) is 0 Å². The van der Waals surface area contributed by atoms with E-state index in [-0.39, 0.29) is 6.03 Å². The van der Waals surface area contributed by atoms with E-state index in [1.165, 1.54) is 28.3 Å². The highest BCUT2D eigenvalue weighted by molar-refractivity contribution is 7.97. The van der Waals surface area contributed by atoms with E-state index in [1.807, 2.05) is 36.4 Å². The second-order valence-corrected chi connectivity index (χ2v) is 6.75. The smallest absolute Gasteiger partial charge is 0.325 e. The lowest BCUT2D eigenvalue weighted by Gasteiger charge is -2.07. The molecule has 5 nitrogen and oxygen atoms in total.